The van der Waals surface area contributed by atoms with Crippen molar-refractivity contribution >= 4 is 16.8 Å². The molecule has 1 amide bonds. The minimum Gasteiger partial charge on any atom is -0.463 e. The van der Waals surface area contributed by atoms with Gasteiger partial charge in [-0.05, 0) is 36.6 Å². The second kappa shape index (κ2) is 7.38. The maximum atomic E-state index is 12.6. The van der Waals surface area contributed by atoms with E-state index in [0.29, 0.717) is 13.1 Å². The number of aryl methyl sites for hydroxylation is 1. The number of carbonyl (C=O) groups excluding carboxylic acids is 1. The molecule has 1 saturated heterocycles. The van der Waals surface area contributed by atoms with E-state index in [1.54, 1.807) is 6.26 Å². The zero-order valence-corrected chi connectivity index (χ0v) is 15.2. The van der Waals surface area contributed by atoms with Gasteiger partial charge in [-0.3, -0.25) is 4.79 Å². The molecule has 1 aliphatic heterocycles. The van der Waals surface area contributed by atoms with E-state index in [-0.39, 0.29) is 11.9 Å². The van der Waals surface area contributed by atoms with Crippen LogP contribution in [0.5, 0.6) is 0 Å². The lowest BCUT2D eigenvalue weighted by atomic mass is 10.2. The second-order valence-corrected chi connectivity index (χ2v) is 7.17. The van der Waals surface area contributed by atoms with Crippen LogP contribution in [-0.2, 0) is 11.3 Å². The number of likely N-dealkylation sites (tertiary alicyclic amines) is 1. The summed E-state index contributed by atoms with van der Waals surface area (Å²) in [5.41, 5.74) is 2.21. The first kappa shape index (κ1) is 16.9. The van der Waals surface area contributed by atoms with Crippen molar-refractivity contribution in [2.75, 3.05) is 19.6 Å². The van der Waals surface area contributed by atoms with Crippen LogP contribution in [0.15, 0.2) is 53.1 Å². The highest BCUT2D eigenvalue weighted by molar-refractivity contribution is 5.84. The summed E-state index contributed by atoms with van der Waals surface area (Å²) in [7, 11) is 0. The monoisotopic (exact) mass is 352 g/mol. The Labute approximate surface area is 153 Å². The average Bonchev–Trinajstić information content (AvgIpc) is 3.38. The highest BCUT2D eigenvalue weighted by Gasteiger charge is 2.29. The van der Waals surface area contributed by atoms with Gasteiger partial charge in [-0.2, -0.15) is 0 Å². The topological polar surface area (TPSA) is 51.6 Å². The second-order valence-electron chi connectivity index (χ2n) is 7.17. The van der Waals surface area contributed by atoms with E-state index in [9.17, 15) is 4.79 Å². The van der Waals surface area contributed by atoms with Crippen LogP contribution < -0.4 is 10.2 Å². The number of benzene rings is 1. The molecule has 2 N–H and O–H groups in total. The predicted molar refractivity (Wildman–Crippen MR) is 101 cm³/mol. The van der Waals surface area contributed by atoms with Crippen LogP contribution in [0.25, 0.3) is 10.9 Å². The number of rotatable bonds is 6. The maximum Gasteiger partial charge on any atom is 0.240 e. The van der Waals surface area contributed by atoms with Crippen LogP contribution in [0.2, 0.25) is 0 Å². The summed E-state index contributed by atoms with van der Waals surface area (Å²) in [4.78, 5) is 14.1. The molecule has 3 aromatic rings. The molecule has 1 aliphatic rings. The lowest BCUT2D eigenvalue weighted by Gasteiger charge is -2.23. The molecule has 2 aromatic heterocycles. The van der Waals surface area contributed by atoms with Gasteiger partial charge in [0.05, 0.1) is 25.9 Å². The van der Waals surface area contributed by atoms with E-state index in [4.69, 9.17) is 4.42 Å². The van der Waals surface area contributed by atoms with Crippen LogP contribution in [-0.4, -0.2) is 30.1 Å². The summed E-state index contributed by atoms with van der Waals surface area (Å²) in [5.74, 6) is 1.01. The molecule has 0 aliphatic carbocycles. The van der Waals surface area contributed by atoms with Crippen molar-refractivity contribution in [1.82, 2.24) is 9.88 Å². The first-order chi connectivity index (χ1) is 12.7. The van der Waals surface area contributed by atoms with Gasteiger partial charge in [0.15, 0.2) is 11.8 Å². The molecule has 0 unspecified atom stereocenters. The van der Waals surface area contributed by atoms with Crippen molar-refractivity contribution < 1.29 is 14.1 Å². The van der Waals surface area contributed by atoms with Gasteiger partial charge in [0.1, 0.15) is 6.54 Å². The van der Waals surface area contributed by atoms with Crippen molar-refractivity contribution in [2.45, 2.75) is 32.4 Å². The minimum absolute atomic E-state index is 0.0459. The Morgan fingerprint density at radius 3 is 2.81 bits per heavy atom. The summed E-state index contributed by atoms with van der Waals surface area (Å²) >= 11 is 0. The fourth-order valence-electron chi connectivity index (χ4n) is 4.09. The molecule has 5 nitrogen and oxygen atoms in total. The molecule has 26 heavy (non-hydrogen) atoms. The van der Waals surface area contributed by atoms with Crippen molar-refractivity contribution in [2.24, 2.45) is 0 Å². The first-order valence-electron chi connectivity index (χ1n) is 9.42. The van der Waals surface area contributed by atoms with Crippen molar-refractivity contribution in [3.05, 3.63) is 60.2 Å². The highest BCUT2D eigenvalue weighted by Crippen LogP contribution is 2.19. The highest BCUT2D eigenvalue weighted by atomic mass is 16.3. The third-order valence-corrected chi connectivity index (χ3v) is 5.45. The summed E-state index contributed by atoms with van der Waals surface area (Å²) in [6.07, 6.45) is 4.21. The molecule has 3 heterocycles. The standard InChI is InChI=1S/C21H25N3O2/c1-16-13-17-7-2-3-8-18(17)24(16)15-21(25)22-14-19(20-9-6-12-26-20)23-10-4-5-11-23/h2-3,6-9,12-13,19H,4-5,10-11,14-15H2,1H3,(H,22,25)/p+1/t19-/m0/s1. The average molecular weight is 352 g/mol. The van der Waals surface area contributed by atoms with E-state index >= 15 is 0 Å². The Bertz CT molecular complexity index is 876. The molecular formula is C21H26N3O2+. The van der Waals surface area contributed by atoms with Crippen LogP contribution in [0.4, 0.5) is 0 Å². The van der Waals surface area contributed by atoms with E-state index < -0.39 is 0 Å². The smallest absolute Gasteiger partial charge is 0.240 e. The zero-order valence-electron chi connectivity index (χ0n) is 15.2. The van der Waals surface area contributed by atoms with Crippen molar-refractivity contribution in [3.63, 3.8) is 0 Å². The third-order valence-electron chi connectivity index (χ3n) is 5.45. The lowest BCUT2D eigenvalue weighted by Crippen LogP contribution is -3.11. The molecule has 0 spiro atoms. The quantitative estimate of drug-likeness (QED) is 0.714. The molecule has 0 bridgehead atoms. The summed E-state index contributed by atoms with van der Waals surface area (Å²) in [6.45, 7) is 5.29. The van der Waals surface area contributed by atoms with Gasteiger partial charge in [0, 0.05) is 24.1 Å². The number of hydrogen-bond donors (Lipinski definition) is 2. The number of para-hydroxylation sites is 1. The van der Waals surface area contributed by atoms with Gasteiger partial charge >= 0.3 is 0 Å². The summed E-state index contributed by atoms with van der Waals surface area (Å²) < 4.78 is 7.72. The Morgan fingerprint density at radius 2 is 2.04 bits per heavy atom. The van der Waals surface area contributed by atoms with Gasteiger partial charge < -0.3 is 19.2 Å². The Kier molecular flexibility index (Phi) is 4.80. The number of amides is 1. The maximum absolute atomic E-state index is 12.6. The number of quaternary nitrogens is 1. The summed E-state index contributed by atoms with van der Waals surface area (Å²) in [6, 6.07) is 14.5. The molecule has 0 radical (unpaired) electrons. The number of aromatic nitrogens is 1. The van der Waals surface area contributed by atoms with Gasteiger partial charge in [-0.25, -0.2) is 0 Å². The van der Waals surface area contributed by atoms with E-state index in [0.717, 1.165) is 30.1 Å². The van der Waals surface area contributed by atoms with E-state index in [1.807, 2.05) is 31.2 Å². The SMILES string of the molecule is Cc1cc2ccccc2n1CC(=O)NC[C@@H](c1ccco1)[NH+]1CCCC1. The fourth-order valence-corrected chi connectivity index (χ4v) is 4.09. The Hall–Kier alpha value is -2.53. The third kappa shape index (κ3) is 3.40. The number of nitrogens with zero attached hydrogens (tertiary/aromatic N) is 1. The molecular weight excluding hydrogens is 326 g/mol. The largest absolute Gasteiger partial charge is 0.463 e. The Balaban J connectivity index is 1.44. The Morgan fingerprint density at radius 1 is 1.23 bits per heavy atom. The van der Waals surface area contributed by atoms with Gasteiger partial charge in [-0.15, -0.1) is 0 Å². The molecule has 0 saturated carbocycles. The molecule has 1 atom stereocenters. The van der Waals surface area contributed by atoms with E-state index in [2.05, 4.69) is 28.1 Å². The van der Waals surface area contributed by atoms with Crippen LogP contribution >= 0.6 is 0 Å². The van der Waals surface area contributed by atoms with Crippen LogP contribution in [0.1, 0.15) is 30.3 Å². The molecule has 5 heteroatoms. The van der Waals surface area contributed by atoms with Gasteiger partial charge in [-0.1, -0.05) is 18.2 Å². The molecule has 1 fully saturated rings. The molecule has 4 rings (SSSR count). The number of fused-ring (bicyclic) bond motifs is 1. The molecule has 136 valence electrons. The first-order valence-corrected chi connectivity index (χ1v) is 9.42. The van der Waals surface area contributed by atoms with Crippen LogP contribution in [0.3, 0.4) is 0 Å². The predicted octanol–water partition coefficient (Wildman–Crippen LogP) is 2.08. The number of hydrogen-bond acceptors (Lipinski definition) is 2. The van der Waals surface area contributed by atoms with Crippen molar-refractivity contribution in [1.29, 1.82) is 0 Å². The fraction of sp³-hybridized carbons (Fsp3) is 0.381. The van der Waals surface area contributed by atoms with E-state index in [1.165, 1.54) is 23.1 Å². The normalized spacial score (nSPS) is 16.2. The number of carbonyl (C=O) groups is 1. The number of nitrogens with one attached hydrogen (secondary N) is 2. The summed E-state index contributed by atoms with van der Waals surface area (Å²) in [5, 5.41) is 4.31. The van der Waals surface area contributed by atoms with Crippen molar-refractivity contribution in [3.8, 4) is 0 Å². The molecule has 1 aromatic carbocycles. The van der Waals surface area contributed by atoms with Gasteiger partial charge in [0.25, 0.3) is 0 Å². The number of furan rings is 1. The minimum atomic E-state index is 0.0459. The zero-order chi connectivity index (χ0) is 17.9. The van der Waals surface area contributed by atoms with Crippen LogP contribution in [0, 0.1) is 6.92 Å². The van der Waals surface area contributed by atoms with Gasteiger partial charge in [0.2, 0.25) is 5.91 Å². The lowest BCUT2D eigenvalue weighted by molar-refractivity contribution is -0.919.